The molecule has 1 N–H and O–H groups in total. The van der Waals surface area contributed by atoms with Crippen molar-refractivity contribution in [2.45, 2.75) is 13.5 Å². The van der Waals surface area contributed by atoms with Crippen LogP contribution in [0.1, 0.15) is 9.88 Å². The first kappa shape index (κ1) is 5.72. The molecule has 0 aliphatic rings. The molecule has 0 amide bonds. The Kier molecular flexibility index (Phi) is 1.60. The Morgan fingerprint density at radius 1 is 1.88 bits per heavy atom. The Bertz CT molecular complexity index is 171. The molecular weight excluding hydrogens is 120 g/mol. The Balaban J connectivity index is 2.84. The van der Waals surface area contributed by atoms with Crippen LogP contribution in [0.2, 0.25) is 0 Å². The van der Waals surface area contributed by atoms with Crippen molar-refractivity contribution < 1.29 is 0 Å². The van der Waals surface area contributed by atoms with Gasteiger partial charge in [-0.2, -0.15) is 0 Å². The number of thiazole rings is 1. The van der Waals surface area contributed by atoms with E-state index in [-0.39, 0.29) is 0 Å². The van der Waals surface area contributed by atoms with Crippen molar-refractivity contribution in [2.75, 3.05) is 0 Å². The summed E-state index contributed by atoms with van der Waals surface area (Å²) in [6.45, 7) is 2.31. The van der Waals surface area contributed by atoms with Gasteiger partial charge in [-0.05, 0) is 6.92 Å². The summed E-state index contributed by atoms with van der Waals surface area (Å²) >= 11 is 1.59. The van der Waals surface area contributed by atoms with Crippen molar-refractivity contribution in [3.63, 3.8) is 0 Å². The van der Waals surface area contributed by atoms with E-state index in [2.05, 4.69) is 4.98 Å². The summed E-state index contributed by atoms with van der Waals surface area (Å²) in [6.07, 6.45) is 1.80. The summed E-state index contributed by atoms with van der Waals surface area (Å²) in [4.78, 5) is 5.15. The van der Waals surface area contributed by atoms with E-state index in [0.717, 1.165) is 5.01 Å². The zero-order valence-corrected chi connectivity index (χ0v) is 5.46. The van der Waals surface area contributed by atoms with E-state index in [1.807, 2.05) is 6.92 Å². The lowest BCUT2D eigenvalue weighted by atomic mass is 10.6. The monoisotopic (exact) mass is 127 g/mol. The minimum Gasteiger partial charge on any atom is -0.251 e. The van der Waals surface area contributed by atoms with Crippen LogP contribution >= 0.6 is 11.3 Å². The molecule has 0 aromatic carbocycles. The normalized spacial score (nSPS) is 9.75. The summed E-state index contributed by atoms with van der Waals surface area (Å²) in [5, 5.41) is 0.905. The van der Waals surface area contributed by atoms with Crippen LogP contribution in [0.15, 0.2) is 6.20 Å². The summed E-state index contributed by atoms with van der Waals surface area (Å²) in [5.41, 5.74) is 6.90. The molecule has 1 rings (SSSR count). The highest BCUT2D eigenvalue weighted by Gasteiger charge is 1.92. The van der Waals surface area contributed by atoms with Gasteiger partial charge in [0.05, 0.1) is 6.54 Å². The van der Waals surface area contributed by atoms with Crippen LogP contribution in [-0.4, -0.2) is 4.98 Å². The smallest absolute Gasteiger partial charge is 0.108 e. The highest BCUT2D eigenvalue weighted by molar-refractivity contribution is 7.11. The first-order chi connectivity index (χ1) is 3.83. The number of aryl methyl sites for hydroxylation is 1. The minimum atomic E-state index is 0.318. The fraction of sp³-hybridized carbons (Fsp3) is 0.400. The van der Waals surface area contributed by atoms with Crippen molar-refractivity contribution in [3.05, 3.63) is 16.1 Å². The molecule has 1 radical (unpaired) electrons. The van der Waals surface area contributed by atoms with Crippen LogP contribution in [0.25, 0.3) is 0 Å². The fourth-order valence-electron chi connectivity index (χ4n) is 0.483. The van der Waals surface area contributed by atoms with Crippen LogP contribution in [0.5, 0.6) is 0 Å². The largest absolute Gasteiger partial charge is 0.251 e. The lowest BCUT2D eigenvalue weighted by molar-refractivity contribution is 1.00. The van der Waals surface area contributed by atoms with Gasteiger partial charge in [0.2, 0.25) is 0 Å². The van der Waals surface area contributed by atoms with Gasteiger partial charge in [-0.3, -0.25) is 5.73 Å². The predicted octanol–water partition coefficient (Wildman–Crippen LogP) is 1.23. The molecule has 0 fully saturated rings. The topological polar surface area (TPSA) is 36.7 Å². The van der Waals surface area contributed by atoms with Gasteiger partial charge in [-0.15, -0.1) is 11.3 Å². The highest BCUT2D eigenvalue weighted by atomic mass is 32.1. The molecule has 0 saturated carbocycles. The molecule has 0 spiro atoms. The summed E-state index contributed by atoms with van der Waals surface area (Å²) < 4.78 is 0. The molecule has 1 aromatic heterocycles. The molecule has 0 atom stereocenters. The molecule has 43 valence electrons. The maximum atomic E-state index is 6.90. The molecule has 1 aromatic rings. The number of hydrogen-bond acceptors (Lipinski definition) is 2. The zero-order chi connectivity index (χ0) is 5.98. The maximum absolute atomic E-state index is 6.90. The van der Waals surface area contributed by atoms with Gasteiger partial charge in [0, 0.05) is 11.1 Å². The molecule has 0 bridgehead atoms. The van der Waals surface area contributed by atoms with Gasteiger partial charge >= 0.3 is 0 Å². The average Bonchev–Trinajstić information content (AvgIpc) is 2.14. The van der Waals surface area contributed by atoms with Gasteiger partial charge in [-0.25, -0.2) is 4.98 Å². The average molecular weight is 127 g/mol. The standard InChI is InChI=1S/C5H7N2S/c1-4-3-7-5(2-6)8-4/h3,6H,2H2,1H3. The van der Waals surface area contributed by atoms with E-state index in [9.17, 15) is 0 Å². The molecule has 0 saturated heterocycles. The Labute approximate surface area is 52.4 Å². The van der Waals surface area contributed by atoms with Crippen LogP contribution in [0.4, 0.5) is 0 Å². The maximum Gasteiger partial charge on any atom is 0.108 e. The number of nitrogens with zero attached hydrogens (tertiary/aromatic N) is 1. The SMILES string of the molecule is Cc1cnc(C[NH])s1. The van der Waals surface area contributed by atoms with E-state index in [1.54, 1.807) is 17.5 Å². The third-order valence-corrected chi connectivity index (χ3v) is 1.73. The number of nitrogens with one attached hydrogen (secondary N) is 1. The second-order valence-electron chi connectivity index (χ2n) is 1.54. The van der Waals surface area contributed by atoms with Crippen molar-refractivity contribution in [1.29, 1.82) is 0 Å². The van der Waals surface area contributed by atoms with Crippen molar-refractivity contribution in [1.82, 2.24) is 10.7 Å². The first-order valence-electron chi connectivity index (χ1n) is 2.39. The Hall–Kier alpha value is -0.410. The van der Waals surface area contributed by atoms with Crippen LogP contribution in [0, 0.1) is 6.92 Å². The van der Waals surface area contributed by atoms with E-state index < -0.39 is 0 Å². The van der Waals surface area contributed by atoms with Gasteiger partial charge in [0.15, 0.2) is 0 Å². The molecule has 0 unspecified atom stereocenters. The van der Waals surface area contributed by atoms with Gasteiger partial charge < -0.3 is 0 Å². The molecule has 0 aliphatic heterocycles. The summed E-state index contributed by atoms with van der Waals surface area (Å²) in [5.74, 6) is 0. The van der Waals surface area contributed by atoms with Gasteiger partial charge in [0.1, 0.15) is 5.01 Å². The van der Waals surface area contributed by atoms with Crippen LogP contribution < -0.4 is 5.73 Å². The molecular formula is C5H7N2S. The number of hydrogen-bond donors (Lipinski definition) is 0. The van der Waals surface area contributed by atoms with Crippen LogP contribution in [0.3, 0.4) is 0 Å². The second kappa shape index (κ2) is 2.24. The fourth-order valence-corrected chi connectivity index (χ4v) is 1.14. The highest BCUT2D eigenvalue weighted by Crippen LogP contribution is 2.09. The first-order valence-corrected chi connectivity index (χ1v) is 3.20. The lowest BCUT2D eigenvalue weighted by Crippen LogP contribution is -1.78. The number of aromatic nitrogens is 1. The number of rotatable bonds is 1. The van der Waals surface area contributed by atoms with Gasteiger partial charge in [-0.1, -0.05) is 0 Å². The van der Waals surface area contributed by atoms with E-state index in [4.69, 9.17) is 5.73 Å². The van der Waals surface area contributed by atoms with E-state index >= 15 is 0 Å². The van der Waals surface area contributed by atoms with E-state index in [0.29, 0.717) is 6.54 Å². The lowest BCUT2D eigenvalue weighted by Gasteiger charge is -1.78. The Morgan fingerprint density at radius 3 is 2.88 bits per heavy atom. The van der Waals surface area contributed by atoms with Crippen molar-refractivity contribution >= 4 is 11.3 Å². The molecule has 0 aliphatic carbocycles. The van der Waals surface area contributed by atoms with Crippen molar-refractivity contribution in [3.8, 4) is 0 Å². The molecule has 2 nitrogen and oxygen atoms in total. The molecule has 8 heavy (non-hydrogen) atoms. The van der Waals surface area contributed by atoms with Gasteiger partial charge in [0.25, 0.3) is 0 Å². The van der Waals surface area contributed by atoms with E-state index in [1.165, 1.54) is 4.88 Å². The minimum absolute atomic E-state index is 0.318. The Morgan fingerprint density at radius 2 is 2.62 bits per heavy atom. The second-order valence-corrected chi connectivity index (χ2v) is 2.86. The quantitative estimate of drug-likeness (QED) is 0.559. The predicted molar refractivity (Wildman–Crippen MR) is 33.7 cm³/mol. The third kappa shape index (κ3) is 1.05. The molecule has 1 heterocycles. The molecule has 3 heteroatoms. The zero-order valence-electron chi connectivity index (χ0n) is 4.64. The summed E-state index contributed by atoms with van der Waals surface area (Å²) in [7, 11) is 0. The van der Waals surface area contributed by atoms with Crippen molar-refractivity contribution in [2.24, 2.45) is 0 Å². The summed E-state index contributed by atoms with van der Waals surface area (Å²) in [6, 6.07) is 0. The third-order valence-electron chi connectivity index (χ3n) is 0.820. The van der Waals surface area contributed by atoms with Crippen LogP contribution in [-0.2, 0) is 6.54 Å².